The SMILES string of the molecule is CN=C(NCC1CCCN(C(C)C)C1)NCC1(Sc2ccccc2)CC1. The summed E-state index contributed by atoms with van der Waals surface area (Å²) in [6.45, 7) is 9.05. The van der Waals surface area contributed by atoms with Crippen LogP contribution >= 0.6 is 11.8 Å². The van der Waals surface area contributed by atoms with Gasteiger partial charge in [0, 0.05) is 42.4 Å². The van der Waals surface area contributed by atoms with Gasteiger partial charge in [-0.25, -0.2) is 0 Å². The zero-order valence-corrected chi connectivity index (χ0v) is 17.3. The second kappa shape index (κ2) is 9.14. The largest absolute Gasteiger partial charge is 0.356 e. The van der Waals surface area contributed by atoms with Crippen LogP contribution in [-0.4, -0.2) is 54.9 Å². The Bertz CT molecular complexity index is 583. The molecule has 3 rings (SSSR count). The Morgan fingerprint density at radius 2 is 2.04 bits per heavy atom. The van der Waals surface area contributed by atoms with Crippen molar-refractivity contribution in [1.29, 1.82) is 0 Å². The molecule has 26 heavy (non-hydrogen) atoms. The number of hydrogen-bond acceptors (Lipinski definition) is 3. The maximum atomic E-state index is 4.44. The monoisotopic (exact) mass is 374 g/mol. The number of aliphatic imine (C=N–C) groups is 1. The van der Waals surface area contributed by atoms with E-state index in [2.05, 4.69) is 64.7 Å². The van der Waals surface area contributed by atoms with Gasteiger partial charge < -0.3 is 15.5 Å². The van der Waals surface area contributed by atoms with E-state index in [1.807, 2.05) is 18.8 Å². The molecule has 1 heterocycles. The summed E-state index contributed by atoms with van der Waals surface area (Å²) in [5, 5.41) is 7.14. The Morgan fingerprint density at radius 1 is 1.27 bits per heavy atom. The first-order valence-electron chi connectivity index (χ1n) is 10.0. The summed E-state index contributed by atoms with van der Waals surface area (Å²) < 4.78 is 0.345. The van der Waals surface area contributed by atoms with E-state index in [4.69, 9.17) is 0 Å². The standard InChI is InChI=1S/C21H34N4S/c1-17(2)25-13-7-8-18(15-25)14-23-20(22-3)24-16-21(11-12-21)26-19-9-5-4-6-10-19/h4-6,9-10,17-18H,7-8,11-16H2,1-3H3,(H2,22,23,24). The highest BCUT2D eigenvalue weighted by molar-refractivity contribution is 8.01. The van der Waals surface area contributed by atoms with Gasteiger partial charge in [-0.05, 0) is 64.1 Å². The molecule has 1 saturated carbocycles. The van der Waals surface area contributed by atoms with Crippen LogP contribution in [-0.2, 0) is 0 Å². The summed E-state index contributed by atoms with van der Waals surface area (Å²) in [7, 11) is 1.88. The summed E-state index contributed by atoms with van der Waals surface area (Å²) in [5.74, 6) is 1.67. The third kappa shape index (κ3) is 5.65. The van der Waals surface area contributed by atoms with Crippen LogP contribution in [0.15, 0.2) is 40.2 Å². The van der Waals surface area contributed by atoms with E-state index < -0.39 is 0 Å². The quantitative estimate of drug-likeness (QED) is 0.565. The smallest absolute Gasteiger partial charge is 0.191 e. The molecule has 0 aromatic heterocycles. The van der Waals surface area contributed by atoms with Crippen molar-refractivity contribution >= 4 is 17.7 Å². The zero-order valence-electron chi connectivity index (χ0n) is 16.5. The molecule has 2 N–H and O–H groups in total. The molecule has 1 unspecified atom stereocenters. The molecular formula is C21H34N4S. The lowest BCUT2D eigenvalue weighted by molar-refractivity contribution is 0.141. The van der Waals surface area contributed by atoms with Crippen molar-refractivity contribution in [3.8, 4) is 0 Å². The summed E-state index contributed by atoms with van der Waals surface area (Å²) >= 11 is 2.01. The lowest BCUT2D eigenvalue weighted by atomic mass is 9.97. The number of thioether (sulfide) groups is 1. The minimum absolute atomic E-state index is 0.345. The lowest BCUT2D eigenvalue weighted by Gasteiger charge is -2.35. The van der Waals surface area contributed by atoms with Crippen molar-refractivity contribution in [1.82, 2.24) is 15.5 Å². The van der Waals surface area contributed by atoms with Gasteiger partial charge in [-0.2, -0.15) is 0 Å². The number of piperidine rings is 1. The minimum atomic E-state index is 0.345. The van der Waals surface area contributed by atoms with Crippen LogP contribution in [0.4, 0.5) is 0 Å². The van der Waals surface area contributed by atoms with E-state index in [0.29, 0.717) is 10.8 Å². The molecular weight excluding hydrogens is 340 g/mol. The second-order valence-electron chi connectivity index (χ2n) is 8.00. The van der Waals surface area contributed by atoms with Gasteiger partial charge in [0.25, 0.3) is 0 Å². The first kappa shape index (κ1) is 19.6. The van der Waals surface area contributed by atoms with E-state index in [1.165, 1.54) is 43.7 Å². The van der Waals surface area contributed by atoms with Crippen molar-refractivity contribution in [3.63, 3.8) is 0 Å². The van der Waals surface area contributed by atoms with Crippen LogP contribution in [0.1, 0.15) is 39.5 Å². The number of rotatable bonds is 7. The zero-order chi connectivity index (χ0) is 18.4. The average molecular weight is 375 g/mol. The van der Waals surface area contributed by atoms with Crippen molar-refractivity contribution in [2.24, 2.45) is 10.9 Å². The lowest BCUT2D eigenvalue weighted by Crippen LogP contribution is -2.47. The summed E-state index contributed by atoms with van der Waals surface area (Å²) in [6, 6.07) is 11.4. The second-order valence-corrected chi connectivity index (χ2v) is 9.54. The first-order chi connectivity index (χ1) is 12.6. The molecule has 0 radical (unpaired) electrons. The number of hydrogen-bond donors (Lipinski definition) is 2. The molecule has 0 spiro atoms. The molecule has 1 atom stereocenters. The number of nitrogens with one attached hydrogen (secondary N) is 2. The third-order valence-electron chi connectivity index (χ3n) is 5.53. The van der Waals surface area contributed by atoms with Crippen molar-refractivity contribution < 1.29 is 0 Å². The molecule has 2 aliphatic rings. The van der Waals surface area contributed by atoms with Gasteiger partial charge in [0.2, 0.25) is 0 Å². The van der Waals surface area contributed by atoms with Crippen LogP contribution in [0.25, 0.3) is 0 Å². The van der Waals surface area contributed by atoms with E-state index in [0.717, 1.165) is 25.0 Å². The molecule has 2 fully saturated rings. The fourth-order valence-electron chi connectivity index (χ4n) is 3.63. The van der Waals surface area contributed by atoms with Gasteiger partial charge in [0.1, 0.15) is 0 Å². The molecule has 1 aromatic rings. The highest BCUT2D eigenvalue weighted by Gasteiger charge is 2.43. The van der Waals surface area contributed by atoms with Crippen LogP contribution in [0.3, 0.4) is 0 Å². The van der Waals surface area contributed by atoms with Gasteiger partial charge in [0.15, 0.2) is 5.96 Å². The Kier molecular flexibility index (Phi) is 6.87. The summed E-state index contributed by atoms with van der Waals surface area (Å²) in [4.78, 5) is 8.40. The topological polar surface area (TPSA) is 39.7 Å². The van der Waals surface area contributed by atoms with Gasteiger partial charge >= 0.3 is 0 Å². The van der Waals surface area contributed by atoms with E-state index in [1.54, 1.807) is 0 Å². The molecule has 0 bridgehead atoms. The normalized spacial score (nSPS) is 23.1. The van der Waals surface area contributed by atoms with Crippen LogP contribution < -0.4 is 10.6 Å². The molecule has 1 aliphatic carbocycles. The van der Waals surface area contributed by atoms with Gasteiger partial charge in [-0.3, -0.25) is 4.99 Å². The van der Waals surface area contributed by atoms with E-state index in [-0.39, 0.29) is 0 Å². The molecule has 1 saturated heterocycles. The predicted molar refractivity (Wildman–Crippen MR) is 113 cm³/mol. The molecule has 1 aromatic carbocycles. The van der Waals surface area contributed by atoms with Crippen molar-refractivity contribution in [2.45, 2.75) is 55.2 Å². The van der Waals surface area contributed by atoms with Gasteiger partial charge in [-0.15, -0.1) is 11.8 Å². The van der Waals surface area contributed by atoms with Crippen molar-refractivity contribution in [3.05, 3.63) is 30.3 Å². The minimum Gasteiger partial charge on any atom is -0.356 e. The molecule has 0 amide bonds. The molecule has 4 nitrogen and oxygen atoms in total. The Balaban J connectivity index is 1.42. The average Bonchev–Trinajstić information content (AvgIpc) is 3.42. The maximum absolute atomic E-state index is 4.44. The highest BCUT2D eigenvalue weighted by atomic mass is 32.2. The van der Waals surface area contributed by atoms with Crippen LogP contribution in [0, 0.1) is 5.92 Å². The summed E-state index contributed by atoms with van der Waals surface area (Å²) in [6.07, 6.45) is 5.19. The van der Waals surface area contributed by atoms with Crippen LogP contribution in [0.5, 0.6) is 0 Å². The number of benzene rings is 1. The van der Waals surface area contributed by atoms with E-state index in [9.17, 15) is 0 Å². The van der Waals surface area contributed by atoms with Gasteiger partial charge in [0.05, 0.1) is 0 Å². The van der Waals surface area contributed by atoms with Crippen LogP contribution in [0.2, 0.25) is 0 Å². The third-order valence-corrected chi connectivity index (χ3v) is 7.02. The number of guanidine groups is 1. The summed E-state index contributed by atoms with van der Waals surface area (Å²) in [5.41, 5.74) is 0. The van der Waals surface area contributed by atoms with Crippen molar-refractivity contribution in [2.75, 3.05) is 33.2 Å². The molecule has 144 valence electrons. The fraction of sp³-hybridized carbons (Fsp3) is 0.667. The Hall–Kier alpha value is -1.20. The molecule has 1 aliphatic heterocycles. The fourth-order valence-corrected chi connectivity index (χ4v) is 4.88. The number of nitrogens with zero attached hydrogens (tertiary/aromatic N) is 2. The molecule has 5 heteroatoms. The predicted octanol–water partition coefficient (Wildman–Crippen LogP) is 3.60. The Labute approximate surface area is 163 Å². The maximum Gasteiger partial charge on any atom is 0.191 e. The number of likely N-dealkylation sites (tertiary alicyclic amines) is 1. The highest BCUT2D eigenvalue weighted by Crippen LogP contribution is 2.51. The first-order valence-corrected chi connectivity index (χ1v) is 10.8. The Morgan fingerprint density at radius 3 is 2.69 bits per heavy atom. The van der Waals surface area contributed by atoms with Gasteiger partial charge in [-0.1, -0.05) is 18.2 Å². The van der Waals surface area contributed by atoms with E-state index >= 15 is 0 Å².